The molecule has 4 nitrogen and oxygen atoms in total. The molecule has 0 radical (unpaired) electrons. The van der Waals surface area contributed by atoms with Crippen molar-refractivity contribution in [2.24, 2.45) is 0 Å². The average Bonchev–Trinajstić information content (AvgIpc) is 3.01. The molecule has 3 aromatic rings. The Morgan fingerprint density at radius 3 is 1.83 bits per heavy atom. The summed E-state index contributed by atoms with van der Waals surface area (Å²) in [5.41, 5.74) is 4.15. The van der Waals surface area contributed by atoms with Gasteiger partial charge in [-0.25, -0.2) is 0 Å². The van der Waals surface area contributed by atoms with Crippen LogP contribution in [0.15, 0.2) is 60.8 Å². The van der Waals surface area contributed by atoms with Gasteiger partial charge in [-0.2, -0.15) is 20.4 Å². The van der Waals surface area contributed by atoms with Crippen LogP contribution in [0.1, 0.15) is 119 Å². The summed E-state index contributed by atoms with van der Waals surface area (Å²) in [6.07, 6.45) is 23.1. The second-order valence-corrected chi connectivity index (χ2v) is 11.1. The quantitative estimate of drug-likeness (QED) is 0.0906. The Morgan fingerprint density at radius 2 is 1.27 bits per heavy atom. The normalized spacial score (nSPS) is 11.3. The number of para-hydroxylation sites is 1. The molecule has 0 N–H and O–H groups in total. The highest BCUT2D eigenvalue weighted by Crippen LogP contribution is 2.24. The first kappa shape index (κ1) is 31.6. The van der Waals surface area contributed by atoms with Crippen LogP contribution in [-0.4, -0.2) is 0 Å². The molecule has 0 fully saturated rings. The van der Waals surface area contributed by atoms with Crippen LogP contribution in [0.3, 0.4) is 0 Å². The molecule has 0 saturated heterocycles. The molecule has 0 aliphatic rings. The van der Waals surface area contributed by atoms with E-state index < -0.39 is 5.92 Å². The third kappa shape index (κ3) is 10.2. The van der Waals surface area contributed by atoms with Crippen LogP contribution in [0.5, 0.6) is 0 Å². The topological polar surface area (TPSA) is 75.2 Å². The summed E-state index contributed by atoms with van der Waals surface area (Å²) in [7, 11) is 0. The lowest BCUT2D eigenvalue weighted by molar-refractivity contribution is -0.671. The monoisotopic (exact) mass is 545 g/mol. The molecule has 1 heterocycles. The SMILES string of the molecule is CCCCCCCCCCCCCCCC[n+]1ccc(/C=C(\C#N)c2ccc(C(C#N)C#N)cc2)c2ccccc21. The van der Waals surface area contributed by atoms with E-state index in [1.165, 1.54) is 95.4 Å². The number of nitriles is 3. The van der Waals surface area contributed by atoms with Crippen molar-refractivity contribution in [2.45, 2.75) is 109 Å². The Hall–Kier alpha value is -3.94. The van der Waals surface area contributed by atoms with Gasteiger partial charge in [0.2, 0.25) is 5.52 Å². The van der Waals surface area contributed by atoms with Gasteiger partial charge < -0.3 is 0 Å². The molecule has 0 saturated carbocycles. The van der Waals surface area contributed by atoms with E-state index in [-0.39, 0.29) is 0 Å². The number of pyridine rings is 1. The van der Waals surface area contributed by atoms with Crippen LogP contribution >= 0.6 is 0 Å². The number of benzene rings is 2. The summed E-state index contributed by atoms with van der Waals surface area (Å²) in [4.78, 5) is 0. The van der Waals surface area contributed by atoms with E-state index in [0.29, 0.717) is 11.1 Å². The third-order valence-electron chi connectivity index (χ3n) is 7.94. The average molecular weight is 546 g/mol. The standard InChI is InChI=1S/C37H45N4/c1-2-3-4-5-6-7-8-9-10-11-12-13-14-17-25-41-26-24-33(36-18-15-16-19-37(36)41)27-34(28-38)31-20-22-32(23-21-31)35(29-39)30-40/h15-16,18-24,26-27,35H,2-14,17,25H2,1H3/q+1/b34-27+. The van der Waals surface area contributed by atoms with Gasteiger partial charge in [0, 0.05) is 18.6 Å². The highest BCUT2D eigenvalue weighted by Gasteiger charge is 2.13. The van der Waals surface area contributed by atoms with Crippen molar-refractivity contribution in [3.8, 4) is 18.2 Å². The zero-order chi connectivity index (χ0) is 29.1. The number of nitrogens with zero attached hydrogens (tertiary/aromatic N) is 4. The van der Waals surface area contributed by atoms with E-state index in [2.05, 4.69) is 48.0 Å². The van der Waals surface area contributed by atoms with Gasteiger partial charge in [0.25, 0.3) is 0 Å². The number of aromatic nitrogens is 1. The second-order valence-electron chi connectivity index (χ2n) is 11.1. The summed E-state index contributed by atoms with van der Waals surface area (Å²) in [5.74, 6) is -0.799. The fraction of sp³-hybridized carbons (Fsp3) is 0.459. The van der Waals surface area contributed by atoms with Gasteiger partial charge >= 0.3 is 0 Å². The highest BCUT2D eigenvalue weighted by molar-refractivity contribution is 5.96. The molecule has 0 atom stereocenters. The van der Waals surface area contributed by atoms with Gasteiger partial charge in [-0.15, -0.1) is 0 Å². The molecule has 3 rings (SSSR count). The lowest BCUT2D eigenvalue weighted by Gasteiger charge is -2.07. The number of rotatable bonds is 18. The van der Waals surface area contributed by atoms with Crippen LogP contribution in [0, 0.1) is 34.0 Å². The maximum atomic E-state index is 9.90. The number of fused-ring (bicyclic) bond motifs is 1. The summed E-state index contributed by atoms with van der Waals surface area (Å²) in [6.45, 7) is 3.27. The largest absolute Gasteiger partial charge is 0.213 e. The number of hydrogen-bond acceptors (Lipinski definition) is 3. The molecule has 0 aliphatic heterocycles. The number of hydrogen-bond donors (Lipinski definition) is 0. The number of allylic oxidation sites excluding steroid dienone is 1. The zero-order valence-corrected chi connectivity index (χ0v) is 24.8. The van der Waals surface area contributed by atoms with Crippen molar-refractivity contribution in [2.75, 3.05) is 0 Å². The predicted molar refractivity (Wildman–Crippen MR) is 168 cm³/mol. The Kier molecular flexibility index (Phi) is 14.2. The molecule has 41 heavy (non-hydrogen) atoms. The minimum absolute atomic E-state index is 0.553. The van der Waals surface area contributed by atoms with Crippen LogP contribution < -0.4 is 4.57 Å². The van der Waals surface area contributed by atoms with Gasteiger partial charge in [0.1, 0.15) is 6.54 Å². The molecule has 4 heteroatoms. The summed E-state index contributed by atoms with van der Waals surface area (Å²) in [6, 6.07) is 23.9. The Bertz CT molecular complexity index is 1350. The van der Waals surface area contributed by atoms with Gasteiger partial charge in [-0.1, -0.05) is 120 Å². The number of unbranched alkanes of at least 4 members (excludes halogenated alkanes) is 13. The molecule has 0 amide bonds. The Morgan fingerprint density at radius 1 is 0.707 bits per heavy atom. The zero-order valence-electron chi connectivity index (χ0n) is 24.8. The molecule has 0 unspecified atom stereocenters. The smallest absolute Gasteiger partial charge is 0.198 e. The first-order valence-electron chi connectivity index (χ1n) is 15.6. The van der Waals surface area contributed by atoms with E-state index in [4.69, 9.17) is 10.5 Å². The maximum Gasteiger partial charge on any atom is 0.213 e. The van der Waals surface area contributed by atoms with Crippen molar-refractivity contribution in [1.82, 2.24) is 0 Å². The lowest BCUT2D eigenvalue weighted by atomic mass is 9.97. The third-order valence-corrected chi connectivity index (χ3v) is 7.94. The number of aryl methyl sites for hydroxylation is 1. The van der Waals surface area contributed by atoms with Gasteiger partial charge in [0.05, 0.1) is 29.2 Å². The minimum Gasteiger partial charge on any atom is -0.198 e. The molecule has 0 spiro atoms. The van der Waals surface area contributed by atoms with E-state index in [9.17, 15) is 5.26 Å². The van der Waals surface area contributed by atoms with E-state index in [1.54, 1.807) is 12.1 Å². The van der Waals surface area contributed by atoms with Crippen LogP contribution in [-0.2, 0) is 6.54 Å². The fourth-order valence-corrected chi connectivity index (χ4v) is 5.47. The van der Waals surface area contributed by atoms with E-state index in [1.807, 2.05) is 36.4 Å². The molecule has 2 aromatic carbocycles. The predicted octanol–water partition coefficient (Wildman–Crippen LogP) is 9.80. The van der Waals surface area contributed by atoms with Gasteiger partial charge in [-0.05, 0) is 35.3 Å². The van der Waals surface area contributed by atoms with Crippen molar-refractivity contribution >= 4 is 22.6 Å². The van der Waals surface area contributed by atoms with E-state index in [0.717, 1.165) is 23.1 Å². The highest BCUT2D eigenvalue weighted by atomic mass is 14.9. The molecule has 0 aliphatic carbocycles. The van der Waals surface area contributed by atoms with Gasteiger partial charge in [-0.3, -0.25) is 0 Å². The van der Waals surface area contributed by atoms with Crippen molar-refractivity contribution in [1.29, 1.82) is 15.8 Å². The summed E-state index contributed by atoms with van der Waals surface area (Å²) < 4.78 is 2.33. The molecule has 1 aromatic heterocycles. The van der Waals surface area contributed by atoms with Crippen LogP contribution in [0.4, 0.5) is 0 Å². The van der Waals surface area contributed by atoms with Crippen molar-refractivity contribution < 1.29 is 4.57 Å². The Labute approximate surface area is 247 Å². The Balaban J connectivity index is 1.50. The van der Waals surface area contributed by atoms with Crippen molar-refractivity contribution in [3.63, 3.8) is 0 Å². The second kappa shape index (κ2) is 18.4. The fourth-order valence-electron chi connectivity index (χ4n) is 5.47. The van der Waals surface area contributed by atoms with Crippen molar-refractivity contribution in [3.05, 3.63) is 77.5 Å². The molecule has 0 bridgehead atoms. The van der Waals surface area contributed by atoms with Crippen LogP contribution in [0.2, 0.25) is 0 Å². The summed E-state index contributed by atoms with van der Waals surface area (Å²) >= 11 is 0. The maximum absolute atomic E-state index is 9.90. The molecular formula is C37H45N4+. The molecular weight excluding hydrogens is 500 g/mol. The summed E-state index contributed by atoms with van der Waals surface area (Å²) in [5, 5.41) is 29.3. The lowest BCUT2D eigenvalue weighted by Crippen LogP contribution is -2.34. The van der Waals surface area contributed by atoms with E-state index >= 15 is 0 Å². The minimum atomic E-state index is -0.799. The van der Waals surface area contributed by atoms with Gasteiger partial charge in [0.15, 0.2) is 12.1 Å². The molecule has 212 valence electrons. The first-order valence-corrected chi connectivity index (χ1v) is 15.6. The van der Waals surface area contributed by atoms with Crippen LogP contribution in [0.25, 0.3) is 22.6 Å². The first-order chi connectivity index (χ1) is 20.2.